The van der Waals surface area contributed by atoms with Crippen LogP contribution in [0.15, 0.2) is 0 Å². The van der Waals surface area contributed by atoms with Gasteiger partial charge in [-0.05, 0) is 0 Å². The Balaban J connectivity index is 0. The summed E-state index contributed by atoms with van der Waals surface area (Å²) in [5.74, 6) is -5.02. The molecule has 0 saturated carbocycles. The summed E-state index contributed by atoms with van der Waals surface area (Å²) in [6, 6.07) is 0. The van der Waals surface area contributed by atoms with Crippen molar-refractivity contribution in [3.63, 3.8) is 0 Å². The average Bonchev–Trinajstić information content (AvgIpc) is 2.01. The second kappa shape index (κ2) is 7.63. The third-order valence-electron chi connectivity index (χ3n) is 1.29. The van der Waals surface area contributed by atoms with Crippen molar-refractivity contribution in [3.8, 4) is 0 Å². The van der Waals surface area contributed by atoms with Crippen LogP contribution in [0.1, 0.15) is 33.1 Å². The van der Waals surface area contributed by atoms with Crippen LogP contribution in [0, 0.1) is 0 Å². The summed E-state index contributed by atoms with van der Waals surface area (Å²) in [4.78, 5) is 30.5. The quantitative estimate of drug-likeness (QED) is 0.534. The van der Waals surface area contributed by atoms with Crippen molar-refractivity contribution in [1.29, 1.82) is 0 Å². The van der Waals surface area contributed by atoms with Crippen molar-refractivity contribution in [2.24, 2.45) is 0 Å². The largest absolute Gasteiger partial charge is 0.481 e. The highest BCUT2D eigenvalue weighted by atomic mass is 16.4. The zero-order valence-electron chi connectivity index (χ0n) is 9.13. The Morgan fingerprint density at radius 1 is 0.938 bits per heavy atom. The fraction of sp³-hybridized carbons (Fsp3) is 0.667. The number of carbonyl (C=O) groups is 3. The first-order valence-electron chi connectivity index (χ1n) is 4.59. The van der Waals surface area contributed by atoms with Crippen LogP contribution in [-0.4, -0.2) is 43.9 Å². The molecule has 7 heteroatoms. The van der Waals surface area contributed by atoms with Gasteiger partial charge in [0.15, 0.2) is 5.60 Å². The van der Waals surface area contributed by atoms with Gasteiger partial charge in [-0.25, -0.2) is 4.79 Å². The summed E-state index contributed by atoms with van der Waals surface area (Å²) in [7, 11) is 0. The van der Waals surface area contributed by atoms with E-state index in [1.165, 1.54) is 6.42 Å². The summed E-state index contributed by atoms with van der Waals surface area (Å²) in [5.41, 5.74) is -2.74. The first kappa shape index (κ1) is 16.8. The van der Waals surface area contributed by atoms with Gasteiger partial charge in [-0.3, -0.25) is 9.59 Å². The van der Waals surface area contributed by atoms with Gasteiger partial charge in [0, 0.05) is 0 Å². The van der Waals surface area contributed by atoms with Gasteiger partial charge in [-0.15, -0.1) is 0 Å². The van der Waals surface area contributed by atoms with E-state index in [1.807, 2.05) is 0 Å². The molecule has 4 N–H and O–H groups in total. The monoisotopic (exact) mass is 236 g/mol. The minimum absolute atomic E-state index is 1.14. The van der Waals surface area contributed by atoms with Crippen LogP contribution in [0.4, 0.5) is 0 Å². The van der Waals surface area contributed by atoms with Crippen molar-refractivity contribution in [3.05, 3.63) is 0 Å². The number of carboxylic acids is 3. The third-order valence-corrected chi connectivity index (χ3v) is 1.29. The molecule has 0 aliphatic heterocycles. The minimum atomic E-state index is -2.74. The van der Waals surface area contributed by atoms with E-state index in [1.54, 1.807) is 0 Å². The van der Waals surface area contributed by atoms with Crippen LogP contribution in [0.3, 0.4) is 0 Å². The molecule has 0 heterocycles. The number of aliphatic carboxylic acids is 3. The number of hydrogen-bond acceptors (Lipinski definition) is 4. The molecule has 7 nitrogen and oxygen atoms in total. The maximum absolute atomic E-state index is 10.3. The molecular weight excluding hydrogens is 220 g/mol. The number of rotatable bonds is 5. The standard InChI is InChI=1S/C6H8O7.C3H8/c7-3(8)1-6(13,5(11)12)2-4(9)10;1-3-2/h13H,1-2H2,(H,7,8)(H,9,10)(H,11,12);3H2,1-2H3. The van der Waals surface area contributed by atoms with Gasteiger partial charge in [0.05, 0.1) is 12.8 Å². The zero-order valence-corrected chi connectivity index (χ0v) is 9.13. The Hall–Kier alpha value is -1.63. The van der Waals surface area contributed by atoms with Crippen LogP contribution in [0.25, 0.3) is 0 Å². The Morgan fingerprint density at radius 2 is 1.19 bits per heavy atom. The Kier molecular flexibility index (Phi) is 8.01. The normalized spacial score (nSPS) is 9.94. The maximum atomic E-state index is 10.3. The molecule has 0 bridgehead atoms. The Morgan fingerprint density at radius 3 is 1.31 bits per heavy atom. The number of aliphatic hydroxyl groups is 1. The van der Waals surface area contributed by atoms with Crippen molar-refractivity contribution in [2.75, 3.05) is 0 Å². The lowest BCUT2D eigenvalue weighted by molar-refractivity contribution is -0.170. The Bertz CT molecular complexity index is 243. The lowest BCUT2D eigenvalue weighted by Crippen LogP contribution is -2.42. The summed E-state index contributed by atoms with van der Waals surface area (Å²) in [6.45, 7) is 4.25. The predicted molar refractivity (Wildman–Crippen MR) is 53.1 cm³/mol. The van der Waals surface area contributed by atoms with Gasteiger partial charge in [0.2, 0.25) is 0 Å². The van der Waals surface area contributed by atoms with Crippen LogP contribution in [-0.2, 0) is 14.4 Å². The molecule has 0 atom stereocenters. The smallest absolute Gasteiger partial charge is 0.336 e. The van der Waals surface area contributed by atoms with Crippen LogP contribution in [0.5, 0.6) is 0 Å². The van der Waals surface area contributed by atoms with Crippen molar-refractivity contribution in [1.82, 2.24) is 0 Å². The molecule has 0 spiro atoms. The van der Waals surface area contributed by atoms with E-state index >= 15 is 0 Å². The van der Waals surface area contributed by atoms with E-state index < -0.39 is 36.4 Å². The summed E-state index contributed by atoms with van der Waals surface area (Å²) >= 11 is 0. The van der Waals surface area contributed by atoms with Crippen molar-refractivity contribution in [2.45, 2.75) is 38.7 Å². The molecule has 94 valence electrons. The molecule has 0 fully saturated rings. The van der Waals surface area contributed by atoms with Gasteiger partial charge in [-0.2, -0.15) is 0 Å². The predicted octanol–water partition coefficient (Wildman–Crippen LogP) is 0.168. The van der Waals surface area contributed by atoms with Gasteiger partial charge in [-0.1, -0.05) is 20.3 Å². The second-order valence-corrected chi connectivity index (χ2v) is 3.18. The van der Waals surface area contributed by atoms with Gasteiger partial charge >= 0.3 is 17.9 Å². The fourth-order valence-corrected chi connectivity index (χ4v) is 0.714. The molecule has 16 heavy (non-hydrogen) atoms. The molecular formula is C9H16O7. The molecule has 0 saturated heterocycles. The number of carboxylic acid groups (broad SMARTS) is 3. The summed E-state index contributed by atoms with van der Waals surface area (Å²) in [5, 5.41) is 33.8. The van der Waals surface area contributed by atoms with E-state index in [-0.39, 0.29) is 0 Å². The van der Waals surface area contributed by atoms with E-state index in [2.05, 4.69) is 13.8 Å². The first-order valence-corrected chi connectivity index (χ1v) is 4.59. The van der Waals surface area contributed by atoms with E-state index in [9.17, 15) is 14.4 Å². The molecule has 0 unspecified atom stereocenters. The van der Waals surface area contributed by atoms with E-state index in [0.29, 0.717) is 0 Å². The highest BCUT2D eigenvalue weighted by Crippen LogP contribution is 2.15. The zero-order chi connectivity index (χ0) is 13.4. The lowest BCUT2D eigenvalue weighted by atomic mass is 9.96. The van der Waals surface area contributed by atoms with Gasteiger partial charge in [0.1, 0.15) is 0 Å². The van der Waals surface area contributed by atoms with Gasteiger partial charge in [0.25, 0.3) is 0 Å². The third kappa shape index (κ3) is 7.74. The van der Waals surface area contributed by atoms with Gasteiger partial charge < -0.3 is 20.4 Å². The van der Waals surface area contributed by atoms with Crippen molar-refractivity contribution >= 4 is 17.9 Å². The SMILES string of the molecule is CCC.O=C(O)CC(O)(CC(=O)O)C(=O)O. The molecule has 0 amide bonds. The maximum Gasteiger partial charge on any atom is 0.336 e. The van der Waals surface area contributed by atoms with E-state index in [4.69, 9.17) is 20.4 Å². The average molecular weight is 236 g/mol. The fourth-order valence-electron chi connectivity index (χ4n) is 0.714. The molecule has 0 aliphatic carbocycles. The lowest BCUT2D eigenvalue weighted by Gasteiger charge is -2.18. The van der Waals surface area contributed by atoms with Crippen LogP contribution in [0.2, 0.25) is 0 Å². The van der Waals surface area contributed by atoms with Crippen LogP contribution < -0.4 is 0 Å². The molecule has 0 aromatic rings. The Labute approximate surface area is 92.3 Å². The molecule has 0 aliphatic rings. The molecule has 0 aromatic carbocycles. The summed E-state index contributed by atoms with van der Waals surface area (Å²) in [6.07, 6.45) is -1.04. The highest BCUT2D eigenvalue weighted by Gasteiger charge is 2.40. The minimum Gasteiger partial charge on any atom is -0.481 e. The number of hydrogen-bond donors (Lipinski definition) is 4. The summed E-state index contributed by atoms with van der Waals surface area (Å²) < 4.78 is 0. The van der Waals surface area contributed by atoms with E-state index in [0.717, 1.165) is 0 Å². The first-order chi connectivity index (χ1) is 7.19. The molecule has 0 rings (SSSR count). The van der Waals surface area contributed by atoms with Crippen LogP contribution >= 0.6 is 0 Å². The topological polar surface area (TPSA) is 132 Å². The highest BCUT2D eigenvalue weighted by molar-refractivity contribution is 5.88. The molecule has 0 radical (unpaired) electrons. The second-order valence-electron chi connectivity index (χ2n) is 3.18. The molecule has 0 aromatic heterocycles. The van der Waals surface area contributed by atoms with Crippen molar-refractivity contribution < 1.29 is 34.8 Å².